The van der Waals surface area contributed by atoms with Crippen LogP contribution in [0.2, 0.25) is 0 Å². The van der Waals surface area contributed by atoms with Crippen molar-refractivity contribution < 1.29 is 0 Å². The number of benzene rings is 4. The van der Waals surface area contributed by atoms with Gasteiger partial charge in [0.1, 0.15) is 0 Å². The van der Waals surface area contributed by atoms with Gasteiger partial charge >= 0.3 is 0 Å². The van der Waals surface area contributed by atoms with E-state index in [1.807, 2.05) is 47.0 Å². The van der Waals surface area contributed by atoms with E-state index < -0.39 is 0 Å². The zero-order valence-electron chi connectivity index (χ0n) is 17.9. The van der Waals surface area contributed by atoms with Crippen molar-refractivity contribution in [3.63, 3.8) is 0 Å². The highest BCUT2D eigenvalue weighted by atomic mass is 32.2. The van der Waals surface area contributed by atoms with Crippen LogP contribution in [0.4, 0.5) is 0 Å². The van der Waals surface area contributed by atoms with E-state index in [2.05, 4.69) is 107 Å². The first-order valence-corrected chi connectivity index (χ1v) is 14.2. The third-order valence-corrected chi connectivity index (χ3v) is 10.0. The number of hydrogen-bond donors (Lipinski definition) is 0. The highest BCUT2D eigenvalue weighted by Crippen LogP contribution is 2.41. The second-order valence-corrected chi connectivity index (χ2v) is 12.1. The van der Waals surface area contributed by atoms with Crippen LogP contribution in [-0.2, 0) is 0 Å². The Morgan fingerprint density at radius 2 is 1.06 bits per heavy atom. The monoisotopic (exact) mass is 496 g/mol. The maximum Gasteiger partial charge on any atom is 0.0571 e. The summed E-state index contributed by atoms with van der Waals surface area (Å²) >= 11 is 7.33. The number of rotatable bonds is 2. The van der Waals surface area contributed by atoms with Crippen molar-refractivity contribution in [1.82, 2.24) is 0 Å². The molecule has 2 aliphatic rings. The molecule has 0 nitrogen and oxygen atoms in total. The lowest BCUT2D eigenvalue weighted by atomic mass is 9.97. The molecule has 0 N–H and O–H groups in total. The summed E-state index contributed by atoms with van der Waals surface area (Å²) in [7, 11) is 0. The van der Waals surface area contributed by atoms with E-state index >= 15 is 0 Å². The van der Waals surface area contributed by atoms with Crippen molar-refractivity contribution in [3.05, 3.63) is 115 Å². The third kappa shape index (κ3) is 4.10. The van der Waals surface area contributed by atoms with Crippen LogP contribution in [0.25, 0.3) is 42.2 Å². The van der Waals surface area contributed by atoms with E-state index in [1.165, 1.54) is 57.1 Å². The molecule has 4 aromatic carbocycles. The Labute approximate surface area is 210 Å². The first-order chi connectivity index (χ1) is 16.3. The highest BCUT2D eigenvalue weighted by molar-refractivity contribution is 8.35. The Balaban J connectivity index is 1.67. The molecule has 2 heterocycles. The molecule has 0 amide bonds. The molecular weight excluding hydrogens is 477 g/mol. The highest BCUT2D eigenvalue weighted by Gasteiger charge is 2.15. The molecule has 0 unspecified atom stereocenters. The van der Waals surface area contributed by atoms with Gasteiger partial charge in [0.25, 0.3) is 0 Å². The predicted octanol–water partition coefficient (Wildman–Crippen LogP) is 8.51. The number of fused-ring (bicyclic) bond motifs is 2. The van der Waals surface area contributed by atoms with Gasteiger partial charge in [-0.2, -0.15) is 0 Å². The van der Waals surface area contributed by atoms with Gasteiger partial charge in [-0.05, 0) is 67.3 Å². The van der Waals surface area contributed by atoms with Crippen molar-refractivity contribution in [2.24, 2.45) is 0 Å². The average Bonchev–Trinajstić information content (AvgIpc) is 3.56. The van der Waals surface area contributed by atoms with Gasteiger partial charge in [0.05, 0.1) is 8.47 Å². The molecule has 6 rings (SSSR count). The second-order valence-electron chi connectivity index (χ2n) is 7.94. The summed E-state index contributed by atoms with van der Waals surface area (Å²) in [6.45, 7) is 2.14. The lowest BCUT2D eigenvalue weighted by Gasteiger charge is -2.12. The van der Waals surface area contributed by atoms with Crippen LogP contribution in [0, 0.1) is 6.92 Å². The van der Waals surface area contributed by atoms with Gasteiger partial charge in [0.2, 0.25) is 0 Å². The predicted molar refractivity (Wildman–Crippen MR) is 156 cm³/mol. The minimum absolute atomic E-state index is 1.22. The Morgan fingerprint density at radius 1 is 0.515 bits per heavy atom. The molecule has 33 heavy (non-hydrogen) atoms. The molecule has 0 atom stereocenters. The maximum atomic E-state index is 2.37. The van der Waals surface area contributed by atoms with Gasteiger partial charge < -0.3 is 0 Å². The molecule has 0 saturated carbocycles. The molecule has 160 valence electrons. The molecule has 0 fully saturated rings. The van der Waals surface area contributed by atoms with Gasteiger partial charge in [0, 0.05) is 10.4 Å². The fourth-order valence-corrected chi connectivity index (χ4v) is 8.20. The Bertz CT molecular complexity index is 1600. The van der Waals surface area contributed by atoms with E-state index in [-0.39, 0.29) is 0 Å². The quantitative estimate of drug-likeness (QED) is 0.201. The molecule has 4 heteroatoms. The van der Waals surface area contributed by atoms with Crippen molar-refractivity contribution >= 4 is 89.2 Å². The summed E-state index contributed by atoms with van der Waals surface area (Å²) < 4.78 is 2.72. The van der Waals surface area contributed by atoms with Crippen molar-refractivity contribution in [2.75, 3.05) is 0 Å². The van der Waals surface area contributed by atoms with Crippen molar-refractivity contribution in [2.45, 2.75) is 6.92 Å². The third-order valence-electron chi connectivity index (χ3n) is 5.78. The van der Waals surface area contributed by atoms with E-state index in [4.69, 9.17) is 0 Å². The molecule has 0 radical (unpaired) electrons. The normalized spacial score (nSPS) is 15.7. The van der Waals surface area contributed by atoms with E-state index in [1.54, 1.807) is 0 Å². The average molecular weight is 497 g/mol. The molecule has 0 bridgehead atoms. The van der Waals surface area contributed by atoms with Gasteiger partial charge in [-0.1, -0.05) is 125 Å². The van der Waals surface area contributed by atoms with Crippen LogP contribution in [0.15, 0.2) is 88.4 Å². The molecule has 4 aromatic rings. The first kappa shape index (κ1) is 21.3. The molecule has 0 aromatic heterocycles. The summed E-state index contributed by atoms with van der Waals surface area (Å²) in [6.07, 6.45) is 4.45. The smallest absolute Gasteiger partial charge is 0.0571 e. The second kappa shape index (κ2) is 9.19. The van der Waals surface area contributed by atoms with Crippen LogP contribution < -0.4 is 10.4 Å². The van der Waals surface area contributed by atoms with Crippen LogP contribution in [-0.4, -0.2) is 0 Å². The standard InChI is InChI=1S/C29H20S4/c1-19-5-4-6-20(17-19)9-10-21-11-12-24-25(18-21)27(29-32-15-16-33-29)23-8-3-2-7-22(23)26(24)28-30-13-14-31-28/h2-18H,1H3/b10-9+. The zero-order chi connectivity index (χ0) is 22.2. The topological polar surface area (TPSA) is 0 Å². The van der Waals surface area contributed by atoms with Gasteiger partial charge in [-0.15, -0.1) is 0 Å². The van der Waals surface area contributed by atoms with Gasteiger partial charge in [-0.25, -0.2) is 0 Å². The molecule has 2 aliphatic heterocycles. The van der Waals surface area contributed by atoms with Crippen LogP contribution in [0.3, 0.4) is 0 Å². The fourth-order valence-electron chi connectivity index (χ4n) is 4.36. The van der Waals surface area contributed by atoms with Crippen LogP contribution >= 0.6 is 47.0 Å². The number of hydrogen-bond acceptors (Lipinski definition) is 4. The summed E-state index contributed by atoms with van der Waals surface area (Å²) in [5.41, 5.74) is 3.74. The van der Waals surface area contributed by atoms with E-state index in [0.717, 1.165) is 0 Å². The molecular formula is C29H20S4. The zero-order valence-corrected chi connectivity index (χ0v) is 21.2. The summed E-state index contributed by atoms with van der Waals surface area (Å²) in [5.74, 6) is 0. The number of thioether (sulfide) groups is 4. The molecule has 0 saturated heterocycles. The van der Waals surface area contributed by atoms with E-state index in [9.17, 15) is 0 Å². The minimum atomic E-state index is 1.22. The maximum absolute atomic E-state index is 2.37. The van der Waals surface area contributed by atoms with Gasteiger partial charge in [0.15, 0.2) is 0 Å². The Hall–Kier alpha value is -2.24. The summed E-state index contributed by atoms with van der Waals surface area (Å²) in [5, 5.41) is 16.8. The van der Waals surface area contributed by atoms with Crippen molar-refractivity contribution in [3.8, 4) is 0 Å². The molecule has 0 spiro atoms. The fraction of sp³-hybridized carbons (Fsp3) is 0.0345. The summed E-state index contributed by atoms with van der Waals surface area (Å²) in [6, 6.07) is 24.5. The first-order valence-electron chi connectivity index (χ1n) is 10.7. The number of aryl methyl sites for hydroxylation is 1. The lowest BCUT2D eigenvalue weighted by Crippen LogP contribution is -2.16. The lowest BCUT2D eigenvalue weighted by molar-refractivity contribution is 1.46. The Morgan fingerprint density at radius 3 is 1.67 bits per heavy atom. The molecule has 0 aliphatic carbocycles. The summed E-state index contributed by atoms with van der Waals surface area (Å²) in [4.78, 5) is 0. The van der Waals surface area contributed by atoms with Gasteiger partial charge in [-0.3, -0.25) is 0 Å². The van der Waals surface area contributed by atoms with Crippen LogP contribution in [0.5, 0.6) is 0 Å². The minimum Gasteiger partial charge on any atom is -0.0895 e. The van der Waals surface area contributed by atoms with E-state index in [0.29, 0.717) is 0 Å². The largest absolute Gasteiger partial charge is 0.0895 e. The van der Waals surface area contributed by atoms with Crippen LogP contribution in [0.1, 0.15) is 16.7 Å². The SMILES string of the molecule is Cc1cccc(/C=C/c2ccc3c(=C4SC=CS4)c4ccccc4c(=C4SC=CS4)c3c2)c1. The Kier molecular flexibility index (Phi) is 5.93. The van der Waals surface area contributed by atoms with Crippen molar-refractivity contribution in [1.29, 1.82) is 0 Å².